The summed E-state index contributed by atoms with van der Waals surface area (Å²) < 4.78 is 107. The molecule has 0 aromatic heterocycles. The molecule has 1 saturated heterocycles. The summed E-state index contributed by atoms with van der Waals surface area (Å²) in [6.07, 6.45) is 0. The molecule has 0 spiro atoms. The Kier molecular flexibility index (Phi) is 3.14. The Morgan fingerprint density at radius 2 is 1.29 bits per heavy atom. The van der Waals surface area contributed by atoms with Crippen LogP contribution in [0.1, 0.15) is 0 Å². The average molecular weight is 319 g/mol. The number of rotatable bonds is 2. The van der Waals surface area contributed by atoms with Gasteiger partial charge in [-0.25, -0.2) is 0 Å². The van der Waals surface area contributed by atoms with Crippen LogP contribution >= 0.6 is 0 Å². The highest BCUT2D eigenvalue weighted by atomic mass is 32.3. The Labute approximate surface area is 95.4 Å². The zero-order chi connectivity index (χ0) is 13.9. The molecule has 6 nitrogen and oxygen atoms in total. The molecule has 1 fully saturated rings. The summed E-state index contributed by atoms with van der Waals surface area (Å²) in [5.74, 6) is 0. The third-order valence-corrected chi connectivity index (χ3v) is 8.63. The molecule has 0 bridgehead atoms. The molecular weight excluding hydrogens is 316 g/mol. The molecule has 102 valence electrons. The van der Waals surface area contributed by atoms with Crippen LogP contribution in [-0.4, -0.2) is 38.7 Å². The highest BCUT2D eigenvalue weighted by molar-refractivity contribution is 8.29. The minimum absolute atomic E-state index is 0.503. The number of hydrogen-bond donors (Lipinski definition) is 0. The maximum Gasteiger partial charge on any atom is 0.395 e. The molecule has 1 rings (SSSR count). The van der Waals surface area contributed by atoms with Gasteiger partial charge in [0.05, 0.1) is 11.0 Å². The maximum atomic E-state index is 12.8. The van der Waals surface area contributed by atoms with E-state index in [-0.39, 0.29) is 0 Å². The van der Waals surface area contributed by atoms with Crippen LogP contribution in [0.4, 0.5) is 17.6 Å². The van der Waals surface area contributed by atoms with Crippen molar-refractivity contribution in [3.63, 3.8) is 0 Å². The van der Waals surface area contributed by atoms with E-state index in [9.17, 15) is 38.6 Å². The Balaban J connectivity index is 3.73. The fourth-order valence-electron chi connectivity index (χ4n) is 0.914. The largest absolute Gasteiger partial charge is 0.395 e. The smallest absolute Gasteiger partial charge is 0.319 e. The van der Waals surface area contributed by atoms with E-state index >= 15 is 0 Å². The monoisotopic (exact) mass is 319 g/mol. The number of alkyl halides is 4. The van der Waals surface area contributed by atoms with Crippen molar-refractivity contribution in [1.29, 1.82) is 0 Å². The van der Waals surface area contributed by atoms with Gasteiger partial charge in [0, 0.05) is 11.1 Å². The van der Waals surface area contributed by atoms with Gasteiger partial charge in [0.15, 0.2) is 0 Å². The third-order valence-electron chi connectivity index (χ3n) is 1.74. The molecule has 0 amide bonds. The molecule has 0 saturated carbocycles. The van der Waals surface area contributed by atoms with Gasteiger partial charge in [-0.1, -0.05) is 0 Å². The molecule has 0 aromatic rings. The topological polar surface area (TPSA) is 94.6 Å². The van der Waals surface area contributed by atoms with E-state index in [2.05, 4.69) is 4.18 Å². The van der Waals surface area contributed by atoms with Crippen molar-refractivity contribution in [2.75, 3.05) is 7.11 Å². The lowest BCUT2D eigenvalue weighted by Crippen LogP contribution is -2.42. The fourth-order valence-corrected chi connectivity index (χ4v) is 7.01. The van der Waals surface area contributed by atoms with E-state index < -0.39 is 45.2 Å². The van der Waals surface area contributed by atoms with Gasteiger partial charge >= 0.3 is 10.5 Å². The van der Waals surface area contributed by atoms with E-state index in [1.807, 2.05) is 0 Å². The highest BCUT2D eigenvalue weighted by Gasteiger charge is 2.78. The van der Waals surface area contributed by atoms with E-state index in [0.29, 0.717) is 7.11 Å². The van der Waals surface area contributed by atoms with Gasteiger partial charge in [-0.3, -0.25) is 21.0 Å². The molecule has 0 aliphatic carbocycles. The van der Waals surface area contributed by atoms with Crippen LogP contribution in [0.5, 0.6) is 0 Å². The lowest BCUT2D eigenvalue weighted by Gasteiger charge is -2.18. The second-order valence-electron chi connectivity index (χ2n) is 2.69. The predicted molar refractivity (Wildman–Crippen MR) is 46.1 cm³/mol. The molecule has 17 heavy (non-hydrogen) atoms. The van der Waals surface area contributed by atoms with Crippen LogP contribution in [0.2, 0.25) is 0 Å². The molecular formula is C4H3F4O6S3-. The number of hydrogen-bond acceptors (Lipinski definition) is 6. The normalized spacial score (nSPS) is 31.1. The first-order valence-electron chi connectivity index (χ1n) is 3.43. The van der Waals surface area contributed by atoms with Crippen molar-refractivity contribution >= 4 is 30.8 Å². The van der Waals surface area contributed by atoms with Gasteiger partial charge in [0.2, 0.25) is 0 Å². The van der Waals surface area contributed by atoms with Gasteiger partial charge in [0.1, 0.15) is 19.7 Å². The first-order valence-corrected chi connectivity index (χ1v) is 7.48. The minimum atomic E-state index is -6.27. The zero-order valence-corrected chi connectivity index (χ0v) is 10.1. The lowest BCUT2D eigenvalue weighted by atomic mass is 10.7. The molecule has 0 aromatic carbocycles. The van der Waals surface area contributed by atoms with Gasteiger partial charge in [-0.2, -0.15) is 17.6 Å². The van der Waals surface area contributed by atoms with Crippen LogP contribution in [0.3, 0.4) is 0 Å². The molecule has 1 aliphatic rings. The summed E-state index contributed by atoms with van der Waals surface area (Å²) in [6.45, 7) is 0. The highest BCUT2D eigenvalue weighted by Crippen LogP contribution is 2.57. The molecule has 0 radical (unpaired) electrons. The van der Waals surface area contributed by atoms with Crippen LogP contribution in [0.15, 0.2) is 0 Å². The van der Waals surface area contributed by atoms with Crippen molar-refractivity contribution < 1.29 is 42.8 Å². The van der Waals surface area contributed by atoms with E-state index in [4.69, 9.17) is 0 Å². The Morgan fingerprint density at radius 3 is 1.53 bits per heavy atom. The molecule has 1 unspecified atom stereocenters. The summed E-state index contributed by atoms with van der Waals surface area (Å²) in [6, 6.07) is 0. The van der Waals surface area contributed by atoms with Gasteiger partial charge in [-0.05, 0) is 0 Å². The summed E-state index contributed by atoms with van der Waals surface area (Å²) in [5, 5.41) is -11.8. The van der Waals surface area contributed by atoms with Crippen LogP contribution in [-0.2, 0) is 34.9 Å². The first-order chi connectivity index (χ1) is 7.35. The molecule has 0 N–H and O–H groups in total. The van der Waals surface area contributed by atoms with E-state index in [0.717, 1.165) is 0 Å². The molecule has 1 aliphatic heterocycles. The summed E-state index contributed by atoms with van der Waals surface area (Å²) >= 11 is -3.45. The second kappa shape index (κ2) is 3.61. The summed E-state index contributed by atoms with van der Waals surface area (Å²) in [5.41, 5.74) is 0. The predicted octanol–water partition coefficient (Wildman–Crippen LogP) is -0.228. The Hall–Kier alpha value is -0.270. The Bertz CT molecular complexity index is 518. The zero-order valence-electron chi connectivity index (χ0n) is 7.69. The lowest BCUT2D eigenvalue weighted by molar-refractivity contribution is -0.0920. The van der Waals surface area contributed by atoms with Crippen molar-refractivity contribution in [3.05, 3.63) is 3.91 Å². The maximum absolute atomic E-state index is 12.8. The van der Waals surface area contributed by atoms with Gasteiger partial charge in [-0.15, -0.1) is 0 Å². The summed E-state index contributed by atoms with van der Waals surface area (Å²) in [4.78, 5) is 0. The number of sulfone groups is 2. The Morgan fingerprint density at radius 1 is 1.00 bits per heavy atom. The second-order valence-corrected chi connectivity index (χ2v) is 8.53. The summed E-state index contributed by atoms with van der Waals surface area (Å²) in [7, 11) is -12.0. The van der Waals surface area contributed by atoms with Crippen LogP contribution in [0, 0.1) is 3.91 Å². The molecule has 1 heterocycles. The quantitative estimate of drug-likeness (QED) is 0.515. The SMILES string of the molecule is COS(=O)[C-]1S(=O)(=O)C(F)(F)C(F)(F)S1(=O)=O. The average Bonchev–Trinajstić information content (AvgIpc) is 2.21. The van der Waals surface area contributed by atoms with Crippen molar-refractivity contribution in [2.45, 2.75) is 10.5 Å². The van der Waals surface area contributed by atoms with Gasteiger partial charge < -0.3 is 4.18 Å². The van der Waals surface area contributed by atoms with E-state index in [1.165, 1.54) is 0 Å². The fraction of sp³-hybridized carbons (Fsp3) is 0.750. The van der Waals surface area contributed by atoms with Crippen molar-refractivity contribution in [3.8, 4) is 0 Å². The van der Waals surface area contributed by atoms with Crippen LogP contribution < -0.4 is 0 Å². The van der Waals surface area contributed by atoms with E-state index in [1.54, 1.807) is 0 Å². The standard InChI is InChI=1S/C4H3F4O6S3/c1-14-15(9)2-16(10,11)3(5,6)4(7,8)17(2,12)13/h1H3/q-1. The van der Waals surface area contributed by atoms with Crippen molar-refractivity contribution in [1.82, 2.24) is 0 Å². The first kappa shape index (κ1) is 14.8. The van der Waals surface area contributed by atoms with Crippen molar-refractivity contribution in [2.24, 2.45) is 0 Å². The van der Waals surface area contributed by atoms with Crippen LogP contribution in [0.25, 0.3) is 0 Å². The minimum Gasteiger partial charge on any atom is -0.319 e. The molecule has 1 atom stereocenters. The van der Waals surface area contributed by atoms with Gasteiger partial charge in [0.25, 0.3) is 0 Å². The molecule has 13 heteroatoms. The number of halogens is 4. The third kappa shape index (κ3) is 1.48.